The van der Waals surface area contributed by atoms with E-state index in [-0.39, 0.29) is 12.2 Å². The van der Waals surface area contributed by atoms with E-state index in [1.807, 2.05) is 7.05 Å². The van der Waals surface area contributed by atoms with Gasteiger partial charge in [-0.3, -0.25) is 4.79 Å². The van der Waals surface area contributed by atoms with Gasteiger partial charge in [-0.1, -0.05) is 25.5 Å². The summed E-state index contributed by atoms with van der Waals surface area (Å²) in [5, 5.41) is 20.3. The number of fused-ring (bicyclic) bond motifs is 3. The van der Waals surface area contributed by atoms with E-state index in [0.717, 1.165) is 49.9 Å². The molecule has 2 aliphatic rings. The van der Waals surface area contributed by atoms with Crippen LogP contribution in [0.15, 0.2) is 24.3 Å². The van der Waals surface area contributed by atoms with Crippen molar-refractivity contribution in [1.82, 2.24) is 24.7 Å². The largest absolute Gasteiger partial charge is 0.573 e. The molecule has 206 valence electrons. The highest BCUT2D eigenvalue weighted by Crippen LogP contribution is 2.38. The molecule has 0 spiro atoms. The fraction of sp³-hybridized carbons (Fsp3) is 0.520. The van der Waals surface area contributed by atoms with E-state index in [4.69, 9.17) is 19.7 Å². The molecule has 10 nitrogen and oxygen atoms in total. The van der Waals surface area contributed by atoms with Crippen molar-refractivity contribution >= 4 is 17.8 Å². The third-order valence-electron chi connectivity index (χ3n) is 6.88. The maximum absolute atomic E-state index is 12.7. The summed E-state index contributed by atoms with van der Waals surface area (Å²) in [5.74, 6) is 1.42. The molecule has 0 unspecified atom stereocenters. The van der Waals surface area contributed by atoms with Crippen molar-refractivity contribution in [3.63, 3.8) is 0 Å². The first kappa shape index (κ1) is 27.4. The molecule has 38 heavy (non-hydrogen) atoms. The molecule has 3 aromatic rings. The van der Waals surface area contributed by atoms with Crippen molar-refractivity contribution in [3.8, 4) is 22.9 Å². The van der Waals surface area contributed by atoms with Gasteiger partial charge in [-0.25, -0.2) is 0 Å². The Morgan fingerprint density at radius 1 is 1.21 bits per heavy atom. The number of nitrogens with zero attached hydrogens (tertiary/aromatic N) is 6. The molecule has 2 aromatic heterocycles. The number of carbonyl (C=O) groups is 1. The number of alkyl halides is 3. The standard InChI is InChI=1S/C24H29F3N6O2.CH2O2/c1-3-16-7-10-32(11-8-16)12-9-19-20-21(34-14-13-31(20)2)23-29-28-22(33(23)30-19)17-5-4-6-18(15-17)35-24(25,26)27;2-1-3/h4-6,15-16H,3,7-14H2,1-2H3;1H,(H,2,3). The highest BCUT2D eigenvalue weighted by Gasteiger charge is 2.32. The molecule has 4 heterocycles. The highest BCUT2D eigenvalue weighted by molar-refractivity contribution is 5.75. The zero-order valence-corrected chi connectivity index (χ0v) is 21.3. The van der Waals surface area contributed by atoms with E-state index in [9.17, 15) is 13.2 Å². The number of aromatic nitrogens is 4. The number of anilines is 1. The first-order valence-corrected chi connectivity index (χ1v) is 12.5. The van der Waals surface area contributed by atoms with E-state index in [1.165, 1.54) is 37.5 Å². The topological polar surface area (TPSA) is 105 Å². The van der Waals surface area contributed by atoms with Gasteiger partial charge < -0.3 is 24.4 Å². The smallest absolute Gasteiger partial charge is 0.486 e. The van der Waals surface area contributed by atoms with Crippen molar-refractivity contribution in [1.29, 1.82) is 0 Å². The Balaban J connectivity index is 0.00000107. The third kappa shape index (κ3) is 6.26. The molecule has 1 aromatic carbocycles. The van der Waals surface area contributed by atoms with E-state index in [0.29, 0.717) is 29.4 Å². The van der Waals surface area contributed by atoms with Gasteiger partial charge >= 0.3 is 6.36 Å². The third-order valence-corrected chi connectivity index (χ3v) is 6.88. The van der Waals surface area contributed by atoms with Gasteiger partial charge in [-0.2, -0.15) is 9.61 Å². The number of hydrogen-bond acceptors (Lipinski definition) is 8. The van der Waals surface area contributed by atoms with Crippen LogP contribution < -0.4 is 14.4 Å². The SMILES string of the molecule is CCC1CCN(CCc2nn3c(-c4cccc(OC(F)(F)F)c4)nnc3c3c2N(C)CCO3)CC1.O=CO. The molecular weight excluding hydrogens is 505 g/mol. The Bertz CT molecular complexity index is 1240. The number of carboxylic acid groups (broad SMARTS) is 1. The second-order valence-corrected chi connectivity index (χ2v) is 9.28. The predicted molar refractivity (Wildman–Crippen MR) is 134 cm³/mol. The van der Waals surface area contributed by atoms with Gasteiger partial charge in [0.1, 0.15) is 18.0 Å². The minimum Gasteiger partial charge on any atom is -0.486 e. The lowest BCUT2D eigenvalue weighted by Crippen LogP contribution is -2.36. The lowest BCUT2D eigenvalue weighted by atomic mass is 9.94. The van der Waals surface area contributed by atoms with Gasteiger partial charge in [0.05, 0.1) is 12.2 Å². The first-order chi connectivity index (χ1) is 18.2. The molecule has 1 N–H and O–H groups in total. The van der Waals surface area contributed by atoms with Crippen LogP contribution >= 0.6 is 0 Å². The summed E-state index contributed by atoms with van der Waals surface area (Å²) in [7, 11) is 2.00. The van der Waals surface area contributed by atoms with E-state index >= 15 is 0 Å². The Morgan fingerprint density at radius 2 is 1.95 bits per heavy atom. The van der Waals surface area contributed by atoms with Gasteiger partial charge in [-0.05, 0) is 44.0 Å². The lowest BCUT2D eigenvalue weighted by Gasteiger charge is -2.32. The predicted octanol–water partition coefficient (Wildman–Crippen LogP) is 3.88. The number of ether oxygens (including phenoxy) is 2. The number of likely N-dealkylation sites (N-methyl/N-ethyl adjacent to an activating group) is 1. The summed E-state index contributed by atoms with van der Waals surface area (Å²) in [5.41, 5.74) is 2.62. The van der Waals surface area contributed by atoms with Crippen LogP contribution in [-0.2, 0) is 11.2 Å². The lowest BCUT2D eigenvalue weighted by molar-refractivity contribution is -0.274. The molecule has 1 fully saturated rings. The van der Waals surface area contributed by atoms with Gasteiger partial charge in [0, 0.05) is 25.6 Å². The van der Waals surface area contributed by atoms with E-state index < -0.39 is 6.36 Å². The quantitative estimate of drug-likeness (QED) is 0.470. The summed E-state index contributed by atoms with van der Waals surface area (Å²) < 4.78 is 49.9. The van der Waals surface area contributed by atoms with Crippen LogP contribution in [0.1, 0.15) is 31.9 Å². The van der Waals surface area contributed by atoms with Crippen molar-refractivity contribution in [2.75, 3.05) is 44.7 Å². The van der Waals surface area contributed by atoms with Crippen LogP contribution in [0.4, 0.5) is 18.9 Å². The summed E-state index contributed by atoms with van der Waals surface area (Å²) >= 11 is 0. The molecule has 1 saturated heterocycles. The van der Waals surface area contributed by atoms with E-state index in [2.05, 4.69) is 31.7 Å². The number of halogens is 3. The van der Waals surface area contributed by atoms with Gasteiger partial charge in [0.25, 0.3) is 6.47 Å². The van der Waals surface area contributed by atoms with Crippen LogP contribution in [0.25, 0.3) is 17.0 Å². The average molecular weight is 537 g/mol. The maximum Gasteiger partial charge on any atom is 0.573 e. The second-order valence-electron chi connectivity index (χ2n) is 9.28. The number of benzene rings is 1. The molecular formula is C25H31F3N6O4. The van der Waals surface area contributed by atoms with Crippen molar-refractivity contribution < 1.29 is 32.5 Å². The first-order valence-electron chi connectivity index (χ1n) is 12.5. The minimum absolute atomic E-state index is 0.250. The second kappa shape index (κ2) is 11.8. The van der Waals surface area contributed by atoms with Gasteiger partial charge in [0.15, 0.2) is 11.6 Å². The number of likely N-dealkylation sites (tertiary alicyclic amines) is 1. The maximum atomic E-state index is 12.7. The molecule has 0 amide bonds. The molecule has 0 saturated carbocycles. The molecule has 0 bridgehead atoms. The normalized spacial score (nSPS) is 16.4. The van der Waals surface area contributed by atoms with Crippen LogP contribution in [-0.4, -0.2) is 82.5 Å². The molecule has 13 heteroatoms. The van der Waals surface area contributed by atoms with Gasteiger partial charge in [-0.15, -0.1) is 23.4 Å². The van der Waals surface area contributed by atoms with Crippen LogP contribution in [0.3, 0.4) is 0 Å². The monoisotopic (exact) mass is 536 g/mol. The number of piperidine rings is 1. The fourth-order valence-electron chi connectivity index (χ4n) is 4.91. The van der Waals surface area contributed by atoms with Crippen molar-refractivity contribution in [2.24, 2.45) is 5.92 Å². The molecule has 2 aliphatic heterocycles. The molecule has 0 atom stereocenters. The number of rotatable bonds is 6. The zero-order chi connectivity index (χ0) is 27.3. The fourth-order valence-corrected chi connectivity index (χ4v) is 4.91. The van der Waals surface area contributed by atoms with Crippen LogP contribution in [0, 0.1) is 5.92 Å². The van der Waals surface area contributed by atoms with Crippen molar-refractivity contribution in [2.45, 2.75) is 39.0 Å². The zero-order valence-electron chi connectivity index (χ0n) is 21.3. The van der Waals surface area contributed by atoms with E-state index in [1.54, 1.807) is 10.6 Å². The average Bonchev–Trinajstić information content (AvgIpc) is 3.31. The highest BCUT2D eigenvalue weighted by atomic mass is 19.4. The Hall–Kier alpha value is -3.61. The minimum atomic E-state index is -4.78. The van der Waals surface area contributed by atoms with Crippen LogP contribution in [0.5, 0.6) is 11.5 Å². The summed E-state index contributed by atoms with van der Waals surface area (Å²) in [6.45, 7) is 6.28. The Morgan fingerprint density at radius 3 is 2.63 bits per heavy atom. The Kier molecular flexibility index (Phi) is 8.55. The van der Waals surface area contributed by atoms with Gasteiger partial charge in [0.2, 0.25) is 5.65 Å². The summed E-state index contributed by atoms with van der Waals surface area (Å²) in [6.07, 6.45) is -0.392. The van der Waals surface area contributed by atoms with Crippen molar-refractivity contribution in [3.05, 3.63) is 30.0 Å². The molecule has 0 aliphatic carbocycles. The summed E-state index contributed by atoms with van der Waals surface area (Å²) in [4.78, 5) is 13.0. The summed E-state index contributed by atoms with van der Waals surface area (Å²) in [6, 6.07) is 5.68. The molecule has 0 radical (unpaired) electrons. The Labute approximate surface area is 218 Å². The number of hydrogen-bond donors (Lipinski definition) is 1. The molecule has 5 rings (SSSR count). The van der Waals surface area contributed by atoms with Crippen LogP contribution in [0.2, 0.25) is 0 Å².